The van der Waals surface area contributed by atoms with Crippen molar-refractivity contribution in [2.45, 2.75) is 6.61 Å². The van der Waals surface area contributed by atoms with Crippen molar-refractivity contribution in [3.8, 4) is 22.7 Å². The summed E-state index contributed by atoms with van der Waals surface area (Å²) in [7, 11) is 0. The van der Waals surface area contributed by atoms with Crippen LogP contribution in [0, 0.1) is 5.82 Å². The largest absolute Gasteiger partial charge is 0.489 e. The number of rotatable bonds is 8. The summed E-state index contributed by atoms with van der Waals surface area (Å²) in [5.74, 6) is -1.31. The minimum Gasteiger partial charge on any atom is -0.489 e. The number of benzene rings is 3. The van der Waals surface area contributed by atoms with Gasteiger partial charge < -0.3 is 9.84 Å². The average molecular weight is 546 g/mol. The number of carboxylic acids is 1. The quantitative estimate of drug-likeness (QED) is 0.230. The third-order valence-electron chi connectivity index (χ3n) is 5.64. The van der Waals surface area contributed by atoms with E-state index in [0.29, 0.717) is 21.9 Å². The molecule has 0 bridgehead atoms. The van der Waals surface area contributed by atoms with E-state index in [0.717, 1.165) is 33.5 Å². The first-order chi connectivity index (χ1) is 18.4. The highest BCUT2D eigenvalue weighted by Crippen LogP contribution is 2.35. The van der Waals surface area contributed by atoms with Gasteiger partial charge in [0.2, 0.25) is 0 Å². The fraction of sp³-hybridized carbons (Fsp3) is 0.0714. The Balaban J connectivity index is 1.49. The van der Waals surface area contributed by atoms with Gasteiger partial charge in [-0.15, -0.1) is 0 Å². The van der Waals surface area contributed by atoms with E-state index in [1.54, 1.807) is 29.1 Å². The predicted octanol–water partition coefficient (Wildman–Crippen LogP) is 5.54. The normalized spacial score (nSPS) is 14.3. The fourth-order valence-electron chi connectivity index (χ4n) is 3.82. The molecule has 1 aliphatic heterocycles. The van der Waals surface area contributed by atoms with Crippen molar-refractivity contribution in [3.63, 3.8) is 0 Å². The number of thioether (sulfide) groups is 1. The summed E-state index contributed by atoms with van der Waals surface area (Å²) < 4.78 is 21.0. The molecule has 7 nitrogen and oxygen atoms in total. The molecule has 0 aliphatic carbocycles. The first-order valence-corrected chi connectivity index (χ1v) is 12.7. The molecule has 1 saturated heterocycles. The summed E-state index contributed by atoms with van der Waals surface area (Å²) in [6.45, 7) is -0.229. The number of ether oxygens (including phenoxy) is 1. The van der Waals surface area contributed by atoms with E-state index < -0.39 is 18.4 Å². The lowest BCUT2D eigenvalue weighted by Gasteiger charge is -2.10. The molecule has 2 heterocycles. The Kier molecular flexibility index (Phi) is 7.34. The Morgan fingerprint density at radius 3 is 2.58 bits per heavy atom. The molecule has 1 aliphatic rings. The van der Waals surface area contributed by atoms with Crippen molar-refractivity contribution >= 4 is 46.3 Å². The van der Waals surface area contributed by atoms with E-state index in [2.05, 4.69) is 0 Å². The van der Waals surface area contributed by atoms with Gasteiger partial charge in [0.15, 0.2) is 0 Å². The van der Waals surface area contributed by atoms with Crippen LogP contribution in [-0.4, -0.2) is 42.5 Å². The SMILES string of the molecule is O=C(O)CN1C(=O)C(=Cc2cn(-c3ccccc3)nc2-c2cccc(OCc3ccc(F)cc3)c2)SC1=S. The third kappa shape index (κ3) is 5.66. The number of carbonyl (C=O) groups excluding carboxylic acids is 1. The molecule has 38 heavy (non-hydrogen) atoms. The Hall–Kier alpha value is -4.28. The minimum atomic E-state index is -1.14. The molecule has 1 fully saturated rings. The van der Waals surface area contributed by atoms with Crippen LogP contribution >= 0.6 is 24.0 Å². The second-order valence-electron chi connectivity index (χ2n) is 8.32. The van der Waals surface area contributed by atoms with Gasteiger partial charge in [-0.3, -0.25) is 14.5 Å². The lowest BCUT2D eigenvalue weighted by molar-refractivity contribution is -0.140. The highest BCUT2D eigenvalue weighted by atomic mass is 32.2. The highest BCUT2D eigenvalue weighted by molar-refractivity contribution is 8.26. The number of thiocarbonyl (C=S) groups is 1. The van der Waals surface area contributed by atoms with Gasteiger partial charge in [-0.1, -0.05) is 66.4 Å². The zero-order valence-corrected chi connectivity index (χ0v) is 21.4. The fourth-order valence-corrected chi connectivity index (χ4v) is 5.07. The smallest absolute Gasteiger partial charge is 0.323 e. The van der Waals surface area contributed by atoms with E-state index in [4.69, 9.17) is 27.2 Å². The number of amides is 1. The monoisotopic (exact) mass is 545 g/mol. The minimum absolute atomic E-state index is 0.192. The van der Waals surface area contributed by atoms with Gasteiger partial charge in [0.25, 0.3) is 5.91 Å². The molecule has 1 aromatic heterocycles. The molecule has 5 rings (SSSR count). The topological polar surface area (TPSA) is 84.7 Å². The summed E-state index contributed by atoms with van der Waals surface area (Å²) in [5.41, 5.74) is 3.67. The van der Waals surface area contributed by atoms with Gasteiger partial charge in [-0.05, 0) is 48.0 Å². The number of aromatic nitrogens is 2. The van der Waals surface area contributed by atoms with Crippen molar-refractivity contribution in [2.24, 2.45) is 0 Å². The Morgan fingerprint density at radius 1 is 1.08 bits per heavy atom. The van der Waals surface area contributed by atoms with Crippen LogP contribution in [0.4, 0.5) is 4.39 Å². The summed E-state index contributed by atoms with van der Waals surface area (Å²) in [6.07, 6.45) is 3.48. The summed E-state index contributed by atoms with van der Waals surface area (Å²) in [5, 5.41) is 13.9. The van der Waals surface area contributed by atoms with Gasteiger partial charge in [0.05, 0.1) is 10.6 Å². The van der Waals surface area contributed by atoms with Gasteiger partial charge in [-0.25, -0.2) is 9.07 Å². The van der Waals surface area contributed by atoms with E-state index >= 15 is 0 Å². The van der Waals surface area contributed by atoms with Gasteiger partial charge in [-0.2, -0.15) is 5.10 Å². The Labute approximate surface area is 227 Å². The van der Waals surface area contributed by atoms with Crippen molar-refractivity contribution in [3.05, 3.63) is 107 Å². The lowest BCUT2D eigenvalue weighted by atomic mass is 10.1. The van der Waals surface area contributed by atoms with Crippen LogP contribution in [0.1, 0.15) is 11.1 Å². The maximum Gasteiger partial charge on any atom is 0.323 e. The molecule has 190 valence electrons. The van der Waals surface area contributed by atoms with Crippen LogP contribution < -0.4 is 4.74 Å². The summed E-state index contributed by atoms with van der Waals surface area (Å²) in [6, 6.07) is 23.0. The number of nitrogens with zero attached hydrogens (tertiary/aromatic N) is 3. The first-order valence-electron chi connectivity index (χ1n) is 11.5. The molecule has 1 N–H and O–H groups in total. The number of hydrogen-bond donors (Lipinski definition) is 1. The van der Waals surface area contributed by atoms with Crippen LogP contribution in [0.2, 0.25) is 0 Å². The molecule has 0 saturated carbocycles. The van der Waals surface area contributed by atoms with Gasteiger partial charge >= 0.3 is 5.97 Å². The standard InChI is InChI=1S/C28H20FN3O4S2/c29-21-11-9-18(10-12-21)17-36-23-8-4-5-19(13-23)26-20(15-32(30-26)22-6-2-1-3-7-22)14-24-27(35)31(16-25(33)34)28(37)38-24/h1-15H,16-17H2,(H,33,34). The van der Waals surface area contributed by atoms with E-state index in [1.807, 2.05) is 54.6 Å². The zero-order chi connectivity index (χ0) is 26.6. The molecular weight excluding hydrogens is 525 g/mol. The van der Waals surface area contributed by atoms with E-state index in [1.165, 1.54) is 12.1 Å². The number of carboxylic acid groups (broad SMARTS) is 1. The van der Waals surface area contributed by atoms with Crippen LogP contribution in [0.25, 0.3) is 23.0 Å². The number of para-hydroxylation sites is 1. The molecule has 0 spiro atoms. The van der Waals surface area contributed by atoms with Crippen LogP contribution in [0.5, 0.6) is 5.75 Å². The first kappa shape index (κ1) is 25.4. The molecular formula is C28H20FN3O4S2. The number of carbonyl (C=O) groups is 2. The number of aliphatic carboxylic acids is 1. The van der Waals surface area contributed by atoms with Crippen LogP contribution in [0.3, 0.4) is 0 Å². The zero-order valence-electron chi connectivity index (χ0n) is 19.8. The summed E-state index contributed by atoms with van der Waals surface area (Å²) >= 11 is 6.29. The molecule has 0 radical (unpaired) electrons. The summed E-state index contributed by atoms with van der Waals surface area (Å²) in [4.78, 5) is 25.5. The van der Waals surface area contributed by atoms with E-state index in [-0.39, 0.29) is 16.7 Å². The lowest BCUT2D eigenvalue weighted by Crippen LogP contribution is -2.33. The Bertz CT molecular complexity index is 1550. The third-order valence-corrected chi connectivity index (χ3v) is 7.02. The molecule has 4 aromatic rings. The number of halogens is 1. The van der Waals surface area contributed by atoms with Crippen LogP contribution in [-0.2, 0) is 16.2 Å². The molecule has 1 amide bonds. The molecule has 10 heteroatoms. The molecule has 3 aromatic carbocycles. The predicted molar refractivity (Wildman–Crippen MR) is 147 cm³/mol. The number of hydrogen-bond acceptors (Lipinski definition) is 6. The Morgan fingerprint density at radius 2 is 1.84 bits per heavy atom. The van der Waals surface area contributed by atoms with Crippen molar-refractivity contribution in [1.29, 1.82) is 0 Å². The van der Waals surface area contributed by atoms with Crippen molar-refractivity contribution in [1.82, 2.24) is 14.7 Å². The van der Waals surface area contributed by atoms with Crippen molar-refractivity contribution < 1.29 is 23.8 Å². The van der Waals surface area contributed by atoms with Gasteiger partial charge in [0.1, 0.15) is 34.7 Å². The van der Waals surface area contributed by atoms with E-state index in [9.17, 15) is 14.0 Å². The van der Waals surface area contributed by atoms with Crippen molar-refractivity contribution in [2.75, 3.05) is 6.54 Å². The maximum absolute atomic E-state index is 13.2. The molecule has 0 atom stereocenters. The highest BCUT2D eigenvalue weighted by Gasteiger charge is 2.33. The average Bonchev–Trinajstić information content (AvgIpc) is 3.45. The maximum atomic E-state index is 13.2. The second kappa shape index (κ2) is 11.0. The van der Waals surface area contributed by atoms with Gasteiger partial charge in [0, 0.05) is 17.3 Å². The molecule has 0 unspecified atom stereocenters. The van der Waals surface area contributed by atoms with Crippen LogP contribution in [0.15, 0.2) is 90.0 Å². The second-order valence-corrected chi connectivity index (χ2v) is 9.99.